The summed E-state index contributed by atoms with van der Waals surface area (Å²) >= 11 is 0. The van der Waals surface area contributed by atoms with Crippen LogP contribution in [0.3, 0.4) is 0 Å². The van der Waals surface area contributed by atoms with Gasteiger partial charge in [0.2, 0.25) is 15.9 Å². The third-order valence-corrected chi connectivity index (χ3v) is 4.12. The highest BCUT2D eigenvalue weighted by Gasteiger charge is 2.65. The van der Waals surface area contributed by atoms with Gasteiger partial charge in [-0.3, -0.25) is 9.59 Å². The fourth-order valence-electron chi connectivity index (χ4n) is 2.26. The van der Waals surface area contributed by atoms with E-state index in [9.17, 15) is 18.0 Å². The summed E-state index contributed by atoms with van der Waals surface area (Å²) in [7, 11) is -3.21. The molecule has 0 saturated heterocycles. The van der Waals surface area contributed by atoms with E-state index in [-0.39, 0.29) is 12.5 Å². The molecule has 1 saturated carbocycles. The van der Waals surface area contributed by atoms with Crippen LogP contribution in [0.25, 0.3) is 0 Å². The van der Waals surface area contributed by atoms with Crippen LogP contribution in [0.2, 0.25) is 0 Å². The van der Waals surface area contributed by atoms with Crippen LogP contribution in [0.1, 0.15) is 20.3 Å². The third kappa shape index (κ3) is 4.17. The second-order valence-corrected chi connectivity index (χ2v) is 7.26. The zero-order valence-corrected chi connectivity index (χ0v) is 12.1. The van der Waals surface area contributed by atoms with Gasteiger partial charge in [0.05, 0.1) is 18.1 Å². The second kappa shape index (κ2) is 5.46. The summed E-state index contributed by atoms with van der Waals surface area (Å²) in [5.41, 5.74) is -0.513. The van der Waals surface area contributed by atoms with E-state index >= 15 is 0 Å². The van der Waals surface area contributed by atoms with Crippen LogP contribution in [0.4, 0.5) is 0 Å². The molecule has 1 fully saturated rings. The van der Waals surface area contributed by atoms with Crippen LogP contribution in [0.15, 0.2) is 0 Å². The Hall–Kier alpha value is -1.15. The van der Waals surface area contributed by atoms with Crippen molar-refractivity contribution in [2.24, 2.45) is 17.3 Å². The van der Waals surface area contributed by atoms with Crippen LogP contribution in [-0.2, 0) is 19.6 Å². The van der Waals surface area contributed by atoms with Crippen molar-refractivity contribution in [3.63, 3.8) is 0 Å². The summed E-state index contributed by atoms with van der Waals surface area (Å²) in [6, 6.07) is 0. The molecule has 8 heteroatoms. The van der Waals surface area contributed by atoms with Crippen molar-refractivity contribution in [2.45, 2.75) is 20.3 Å². The molecule has 1 aliphatic rings. The molecule has 0 aliphatic heterocycles. The highest BCUT2D eigenvalue weighted by Crippen LogP contribution is 2.58. The Balaban J connectivity index is 2.28. The van der Waals surface area contributed by atoms with E-state index in [0.717, 1.165) is 6.26 Å². The Labute approximate surface area is 112 Å². The lowest BCUT2D eigenvalue weighted by Crippen LogP contribution is -2.31. The molecule has 0 spiro atoms. The molecular weight excluding hydrogens is 272 g/mol. The van der Waals surface area contributed by atoms with E-state index < -0.39 is 33.2 Å². The smallest absolute Gasteiger partial charge is 0.307 e. The van der Waals surface area contributed by atoms with Gasteiger partial charge in [-0.15, -0.1) is 0 Å². The molecule has 7 nitrogen and oxygen atoms in total. The van der Waals surface area contributed by atoms with E-state index in [4.69, 9.17) is 5.11 Å². The number of aliphatic carboxylic acids is 1. The van der Waals surface area contributed by atoms with Gasteiger partial charge in [-0.1, -0.05) is 13.8 Å². The van der Waals surface area contributed by atoms with E-state index in [1.165, 1.54) is 0 Å². The minimum atomic E-state index is -3.21. The molecule has 0 heterocycles. The predicted octanol–water partition coefficient (Wildman–Crippen LogP) is -0.601. The summed E-state index contributed by atoms with van der Waals surface area (Å²) in [5.74, 6) is -2.38. The van der Waals surface area contributed by atoms with Gasteiger partial charge in [-0.05, 0) is 11.8 Å². The van der Waals surface area contributed by atoms with Gasteiger partial charge in [-0.25, -0.2) is 13.1 Å². The molecule has 110 valence electrons. The number of carbonyl (C=O) groups is 2. The molecule has 19 heavy (non-hydrogen) atoms. The quantitative estimate of drug-likeness (QED) is 0.542. The maximum absolute atomic E-state index is 11.8. The van der Waals surface area contributed by atoms with Gasteiger partial charge in [-0.2, -0.15) is 0 Å². The number of hydrogen-bond donors (Lipinski definition) is 3. The van der Waals surface area contributed by atoms with Gasteiger partial charge >= 0.3 is 5.97 Å². The maximum atomic E-state index is 11.8. The molecule has 0 aromatic rings. The Morgan fingerprint density at radius 3 is 2.21 bits per heavy atom. The molecule has 1 aliphatic carbocycles. The van der Waals surface area contributed by atoms with Crippen LogP contribution >= 0.6 is 0 Å². The Morgan fingerprint density at radius 2 is 1.79 bits per heavy atom. The number of carbonyl (C=O) groups excluding carboxylic acids is 1. The first-order valence-corrected chi connectivity index (χ1v) is 7.91. The van der Waals surface area contributed by atoms with Gasteiger partial charge in [0.15, 0.2) is 0 Å². The molecule has 0 radical (unpaired) electrons. The predicted molar refractivity (Wildman–Crippen MR) is 68.9 cm³/mol. The summed E-state index contributed by atoms with van der Waals surface area (Å²) in [4.78, 5) is 22.7. The van der Waals surface area contributed by atoms with Crippen molar-refractivity contribution in [2.75, 3.05) is 19.3 Å². The Morgan fingerprint density at radius 1 is 1.21 bits per heavy atom. The SMILES string of the molecule is CC1(C)[C@H](C(=O)O)[C@@H]1C(=O)NCCCNS(C)(=O)=O. The zero-order valence-electron chi connectivity index (χ0n) is 11.3. The molecule has 1 amide bonds. The Bertz CT molecular complexity index is 471. The van der Waals surface area contributed by atoms with Crippen molar-refractivity contribution in [1.82, 2.24) is 10.0 Å². The molecule has 0 unspecified atom stereocenters. The third-order valence-electron chi connectivity index (χ3n) is 3.39. The summed E-state index contributed by atoms with van der Waals surface area (Å²) in [6.45, 7) is 4.07. The fourth-order valence-corrected chi connectivity index (χ4v) is 2.77. The zero-order chi connectivity index (χ0) is 14.8. The van der Waals surface area contributed by atoms with Crippen molar-refractivity contribution < 1.29 is 23.1 Å². The molecule has 1 rings (SSSR count). The number of hydrogen-bond acceptors (Lipinski definition) is 4. The van der Waals surface area contributed by atoms with Gasteiger partial charge < -0.3 is 10.4 Å². The molecule has 3 N–H and O–H groups in total. The summed E-state index contributed by atoms with van der Waals surface area (Å²) in [6.07, 6.45) is 1.53. The number of nitrogens with one attached hydrogen (secondary N) is 2. The van der Waals surface area contributed by atoms with Crippen LogP contribution in [0.5, 0.6) is 0 Å². The summed E-state index contributed by atoms with van der Waals surface area (Å²) < 4.78 is 23.9. The number of amides is 1. The van der Waals surface area contributed by atoms with Crippen LogP contribution < -0.4 is 10.0 Å². The number of carboxylic acids is 1. The molecule has 2 atom stereocenters. The minimum absolute atomic E-state index is 0.246. The lowest BCUT2D eigenvalue weighted by Gasteiger charge is -2.06. The first kappa shape index (κ1) is 15.9. The lowest BCUT2D eigenvalue weighted by atomic mass is 10.1. The molecule has 0 aromatic heterocycles. The van der Waals surface area contributed by atoms with Crippen molar-refractivity contribution in [1.29, 1.82) is 0 Å². The van der Waals surface area contributed by atoms with E-state index in [1.54, 1.807) is 13.8 Å². The lowest BCUT2D eigenvalue weighted by molar-refractivity contribution is -0.140. The standard InChI is InChI=1S/C11H20N2O5S/c1-11(2)7(8(11)10(15)16)9(14)12-5-4-6-13-19(3,17)18/h7-8,13H,4-6H2,1-3H3,(H,12,14)(H,15,16)/t7-,8+/m1/s1. The molecular formula is C11H20N2O5S. The van der Waals surface area contributed by atoms with Crippen LogP contribution in [0, 0.1) is 17.3 Å². The van der Waals surface area contributed by atoms with Crippen LogP contribution in [-0.4, -0.2) is 44.7 Å². The average molecular weight is 292 g/mol. The first-order valence-electron chi connectivity index (χ1n) is 6.02. The first-order chi connectivity index (χ1) is 8.57. The van der Waals surface area contributed by atoms with Crippen molar-refractivity contribution in [3.05, 3.63) is 0 Å². The maximum Gasteiger partial charge on any atom is 0.307 e. The van der Waals surface area contributed by atoms with E-state index in [0.29, 0.717) is 13.0 Å². The second-order valence-electron chi connectivity index (χ2n) is 5.43. The van der Waals surface area contributed by atoms with Gasteiger partial charge in [0.1, 0.15) is 0 Å². The fraction of sp³-hybridized carbons (Fsp3) is 0.818. The largest absolute Gasteiger partial charge is 0.481 e. The minimum Gasteiger partial charge on any atom is -0.481 e. The topological polar surface area (TPSA) is 113 Å². The highest BCUT2D eigenvalue weighted by atomic mass is 32.2. The van der Waals surface area contributed by atoms with Crippen molar-refractivity contribution in [3.8, 4) is 0 Å². The van der Waals surface area contributed by atoms with Crippen molar-refractivity contribution >= 4 is 21.9 Å². The van der Waals surface area contributed by atoms with E-state index in [2.05, 4.69) is 10.0 Å². The van der Waals surface area contributed by atoms with Gasteiger partial charge in [0, 0.05) is 13.1 Å². The number of carboxylic acid groups (broad SMARTS) is 1. The number of sulfonamides is 1. The average Bonchev–Trinajstić information content (AvgIpc) is 2.79. The normalized spacial score (nSPS) is 24.8. The van der Waals surface area contributed by atoms with Gasteiger partial charge in [0.25, 0.3) is 0 Å². The highest BCUT2D eigenvalue weighted by molar-refractivity contribution is 7.88. The molecule has 0 bridgehead atoms. The Kier molecular flexibility index (Phi) is 4.57. The van der Waals surface area contributed by atoms with E-state index in [1.807, 2.05) is 0 Å². The number of rotatable bonds is 7. The summed E-state index contributed by atoms with van der Waals surface area (Å²) in [5, 5.41) is 11.6. The molecule has 0 aromatic carbocycles. The monoisotopic (exact) mass is 292 g/mol.